The van der Waals surface area contributed by atoms with Gasteiger partial charge in [-0.15, -0.1) is 35.3 Å². The van der Waals surface area contributed by atoms with Crippen LogP contribution in [0.2, 0.25) is 0 Å². The predicted molar refractivity (Wildman–Crippen MR) is 131 cm³/mol. The first-order valence-electron chi connectivity index (χ1n) is 10.7. The maximum Gasteiger partial charge on any atom is 0.191 e. The molecule has 2 fully saturated rings. The van der Waals surface area contributed by atoms with Crippen LogP contribution in [0.5, 0.6) is 0 Å². The Hall–Kier alpha value is -0.420. The van der Waals surface area contributed by atoms with E-state index in [1.54, 1.807) is 11.3 Å². The maximum absolute atomic E-state index is 10.8. The van der Waals surface area contributed by atoms with Crippen molar-refractivity contribution in [3.8, 4) is 0 Å². The number of guanidine groups is 1. The predicted octanol–water partition coefficient (Wildman–Crippen LogP) is 3.16. The Morgan fingerprint density at radius 2 is 2.00 bits per heavy atom. The molecule has 1 atom stereocenters. The Balaban J connectivity index is 0.00000300. The number of hydrogen-bond acceptors (Lipinski definition) is 5. The monoisotopic (exact) mass is 536 g/mol. The van der Waals surface area contributed by atoms with Gasteiger partial charge >= 0.3 is 0 Å². The number of nitrogens with one attached hydrogen (secondary N) is 2. The summed E-state index contributed by atoms with van der Waals surface area (Å²) < 4.78 is 5.59. The molecule has 1 aromatic rings. The molecule has 8 heteroatoms. The first-order valence-corrected chi connectivity index (χ1v) is 11.6. The third-order valence-corrected chi connectivity index (χ3v) is 7.12. The standard InChI is InChI=1S/C21H36N4O2S.HI/c1-3-22-19(23-16-20(2,26)18-8-7-15-28-18)24-17-21(9-5-4-6-10-21)25-11-13-27-14-12-25;/h7-8,15,26H,3-6,9-14,16-17H2,1-2H3,(H2,22,23,24);1H. The van der Waals surface area contributed by atoms with Gasteiger partial charge in [-0.25, -0.2) is 4.99 Å². The Morgan fingerprint density at radius 1 is 1.28 bits per heavy atom. The van der Waals surface area contributed by atoms with Crippen LogP contribution >= 0.6 is 35.3 Å². The molecule has 3 N–H and O–H groups in total. The third kappa shape index (κ3) is 6.78. The number of aliphatic hydroxyl groups is 1. The minimum atomic E-state index is -0.941. The summed E-state index contributed by atoms with van der Waals surface area (Å²) in [5.41, 5.74) is -0.752. The third-order valence-electron chi connectivity index (χ3n) is 5.99. The fourth-order valence-electron chi connectivity index (χ4n) is 4.34. The molecule has 0 radical (unpaired) electrons. The summed E-state index contributed by atoms with van der Waals surface area (Å²) >= 11 is 1.57. The van der Waals surface area contributed by atoms with E-state index in [2.05, 4.69) is 22.5 Å². The number of rotatable bonds is 7. The summed E-state index contributed by atoms with van der Waals surface area (Å²) in [6.07, 6.45) is 6.38. The van der Waals surface area contributed by atoms with Crippen LogP contribution in [0.15, 0.2) is 22.5 Å². The summed E-state index contributed by atoms with van der Waals surface area (Å²) in [5.74, 6) is 0.789. The van der Waals surface area contributed by atoms with Gasteiger partial charge in [0.25, 0.3) is 0 Å². The molecule has 1 aromatic heterocycles. The highest BCUT2D eigenvalue weighted by molar-refractivity contribution is 14.0. The lowest BCUT2D eigenvalue weighted by Gasteiger charge is -2.48. The lowest BCUT2D eigenvalue weighted by atomic mass is 9.80. The second-order valence-corrected chi connectivity index (χ2v) is 9.13. The van der Waals surface area contributed by atoms with Crippen molar-refractivity contribution in [2.24, 2.45) is 4.99 Å². The topological polar surface area (TPSA) is 69.1 Å². The highest BCUT2D eigenvalue weighted by Crippen LogP contribution is 2.34. The number of hydrogen-bond donors (Lipinski definition) is 3. The van der Waals surface area contributed by atoms with Gasteiger partial charge in [0, 0.05) is 36.6 Å². The Morgan fingerprint density at radius 3 is 2.62 bits per heavy atom. The normalized spacial score (nSPS) is 22.4. The van der Waals surface area contributed by atoms with Crippen molar-refractivity contribution in [2.75, 3.05) is 45.9 Å². The highest BCUT2D eigenvalue weighted by atomic mass is 127. The quantitative estimate of drug-likeness (QED) is 0.284. The molecule has 1 aliphatic heterocycles. The number of morpholine rings is 1. The van der Waals surface area contributed by atoms with Crippen LogP contribution in [-0.4, -0.2) is 67.4 Å². The van der Waals surface area contributed by atoms with E-state index >= 15 is 0 Å². The van der Waals surface area contributed by atoms with Gasteiger partial charge in [0.15, 0.2) is 5.96 Å². The average molecular weight is 537 g/mol. The molecule has 3 rings (SSSR count). The molecule has 0 bridgehead atoms. The number of halogens is 1. The van der Waals surface area contributed by atoms with Crippen molar-refractivity contribution in [1.29, 1.82) is 0 Å². The minimum absolute atomic E-state index is 0. The van der Waals surface area contributed by atoms with Crippen molar-refractivity contribution in [3.05, 3.63) is 22.4 Å². The fourth-order valence-corrected chi connectivity index (χ4v) is 5.12. The van der Waals surface area contributed by atoms with Gasteiger partial charge in [0.2, 0.25) is 0 Å². The van der Waals surface area contributed by atoms with E-state index in [0.29, 0.717) is 6.54 Å². The van der Waals surface area contributed by atoms with Crippen LogP contribution in [0.3, 0.4) is 0 Å². The molecule has 1 saturated heterocycles. The van der Waals surface area contributed by atoms with Gasteiger partial charge in [0.1, 0.15) is 5.60 Å². The molecular formula is C21H37IN4O2S. The largest absolute Gasteiger partial charge is 0.383 e. The summed E-state index contributed by atoms with van der Waals surface area (Å²) in [7, 11) is 0. The lowest BCUT2D eigenvalue weighted by molar-refractivity contribution is -0.0352. The Kier molecular flexibility index (Phi) is 10.1. The molecule has 0 amide bonds. The van der Waals surface area contributed by atoms with Gasteiger partial charge in [0.05, 0.1) is 19.8 Å². The molecule has 2 aliphatic rings. The molecule has 2 heterocycles. The van der Waals surface area contributed by atoms with Gasteiger partial charge in [-0.1, -0.05) is 25.3 Å². The average Bonchev–Trinajstić information content (AvgIpc) is 3.27. The molecule has 29 heavy (non-hydrogen) atoms. The van der Waals surface area contributed by atoms with Gasteiger partial charge in [-0.2, -0.15) is 0 Å². The molecule has 1 aliphatic carbocycles. The summed E-state index contributed by atoms with van der Waals surface area (Å²) in [6.45, 7) is 9.64. The van der Waals surface area contributed by atoms with Crippen molar-refractivity contribution in [3.63, 3.8) is 0 Å². The summed E-state index contributed by atoms with van der Waals surface area (Å²) in [6, 6.07) is 3.94. The van der Waals surface area contributed by atoms with Crippen LogP contribution in [0.1, 0.15) is 50.8 Å². The Bertz CT molecular complexity index is 612. The zero-order chi connectivity index (χ0) is 19.9. The van der Waals surface area contributed by atoms with Crippen LogP contribution in [-0.2, 0) is 10.3 Å². The van der Waals surface area contributed by atoms with E-state index in [1.807, 2.05) is 24.4 Å². The molecule has 0 spiro atoms. The maximum atomic E-state index is 10.8. The van der Waals surface area contributed by atoms with Gasteiger partial charge in [-0.05, 0) is 38.1 Å². The van der Waals surface area contributed by atoms with Crippen LogP contribution in [0.25, 0.3) is 0 Å². The molecule has 6 nitrogen and oxygen atoms in total. The van der Waals surface area contributed by atoms with Crippen LogP contribution in [0.4, 0.5) is 0 Å². The van der Waals surface area contributed by atoms with Crippen LogP contribution in [0, 0.1) is 0 Å². The van der Waals surface area contributed by atoms with E-state index < -0.39 is 5.60 Å². The first-order chi connectivity index (χ1) is 13.6. The fraction of sp³-hybridized carbons (Fsp3) is 0.762. The zero-order valence-electron chi connectivity index (χ0n) is 17.8. The molecule has 166 valence electrons. The van der Waals surface area contributed by atoms with Crippen molar-refractivity contribution in [2.45, 2.75) is 57.1 Å². The second-order valence-electron chi connectivity index (χ2n) is 8.18. The number of ether oxygens (including phenoxy) is 1. The van der Waals surface area contributed by atoms with Crippen LogP contribution < -0.4 is 10.6 Å². The lowest BCUT2D eigenvalue weighted by Crippen LogP contribution is -2.60. The number of aliphatic imine (C=N–C) groups is 1. The van der Waals surface area contributed by atoms with Gasteiger partial charge in [-0.3, -0.25) is 4.90 Å². The minimum Gasteiger partial charge on any atom is -0.383 e. The smallest absolute Gasteiger partial charge is 0.191 e. The van der Waals surface area contributed by atoms with E-state index in [1.165, 1.54) is 32.1 Å². The van der Waals surface area contributed by atoms with E-state index in [0.717, 1.165) is 50.2 Å². The zero-order valence-corrected chi connectivity index (χ0v) is 20.9. The van der Waals surface area contributed by atoms with Gasteiger partial charge < -0.3 is 20.5 Å². The molecule has 1 saturated carbocycles. The van der Waals surface area contributed by atoms with E-state index in [4.69, 9.17) is 9.73 Å². The molecule has 0 aromatic carbocycles. The van der Waals surface area contributed by atoms with Crippen molar-refractivity contribution >= 4 is 41.3 Å². The van der Waals surface area contributed by atoms with Crippen molar-refractivity contribution in [1.82, 2.24) is 15.5 Å². The van der Waals surface area contributed by atoms with Crippen molar-refractivity contribution < 1.29 is 9.84 Å². The van der Waals surface area contributed by atoms with E-state index in [9.17, 15) is 5.11 Å². The first kappa shape index (κ1) is 24.8. The molecule has 1 unspecified atom stereocenters. The van der Waals surface area contributed by atoms with E-state index in [-0.39, 0.29) is 29.5 Å². The SMILES string of the molecule is CCNC(=NCC(C)(O)c1cccs1)NCC1(N2CCOCC2)CCCCC1.I. The number of nitrogens with zero attached hydrogens (tertiary/aromatic N) is 2. The Labute approximate surface area is 196 Å². The highest BCUT2D eigenvalue weighted by Gasteiger charge is 2.38. The second kappa shape index (κ2) is 11.8. The number of thiophene rings is 1. The summed E-state index contributed by atoms with van der Waals surface area (Å²) in [5, 5.41) is 19.7. The molecular weight excluding hydrogens is 499 g/mol. The summed E-state index contributed by atoms with van der Waals surface area (Å²) in [4.78, 5) is 8.29.